The number of aryl methyl sites for hydroxylation is 1. The monoisotopic (exact) mass is 234 g/mol. The second-order valence-corrected chi connectivity index (χ2v) is 4.54. The van der Waals surface area contributed by atoms with Crippen LogP contribution in [0.4, 0.5) is 0 Å². The molecule has 0 N–H and O–H groups in total. The Morgan fingerprint density at radius 2 is 2.35 bits per heavy atom. The van der Waals surface area contributed by atoms with E-state index in [0.29, 0.717) is 13.0 Å². The van der Waals surface area contributed by atoms with Gasteiger partial charge in [-0.3, -0.25) is 0 Å². The maximum absolute atomic E-state index is 10.9. The first-order valence-electron chi connectivity index (χ1n) is 5.96. The molecular weight excluding hydrogens is 216 g/mol. The Bertz CT molecular complexity index is 412. The Kier molecular flexibility index (Phi) is 3.79. The van der Waals surface area contributed by atoms with Gasteiger partial charge < -0.3 is 14.3 Å². The van der Waals surface area contributed by atoms with E-state index in [1.165, 1.54) is 11.1 Å². The summed E-state index contributed by atoms with van der Waals surface area (Å²) in [6.45, 7) is 2.25. The van der Waals surface area contributed by atoms with Crippen molar-refractivity contribution in [3.63, 3.8) is 0 Å². The van der Waals surface area contributed by atoms with Gasteiger partial charge in [-0.25, -0.2) is 0 Å². The Labute approximate surface area is 102 Å². The van der Waals surface area contributed by atoms with Crippen LogP contribution >= 0.6 is 0 Å². The molecule has 0 radical (unpaired) electrons. The highest BCUT2D eigenvalue weighted by Crippen LogP contribution is 2.30. The molecule has 0 saturated heterocycles. The van der Waals surface area contributed by atoms with Crippen LogP contribution in [0.5, 0.6) is 5.75 Å². The zero-order valence-corrected chi connectivity index (χ0v) is 10.4. The lowest BCUT2D eigenvalue weighted by Crippen LogP contribution is -2.19. The second kappa shape index (κ2) is 5.32. The first kappa shape index (κ1) is 12.1. The van der Waals surface area contributed by atoms with Crippen LogP contribution in [-0.2, 0) is 22.4 Å². The van der Waals surface area contributed by atoms with Gasteiger partial charge in [-0.05, 0) is 30.5 Å². The van der Waals surface area contributed by atoms with Gasteiger partial charge in [0, 0.05) is 20.0 Å². The summed E-state index contributed by atoms with van der Waals surface area (Å²) in [6, 6.07) is 6.19. The summed E-state index contributed by atoms with van der Waals surface area (Å²) in [7, 11) is 1.69. The third kappa shape index (κ3) is 3.07. The van der Waals surface area contributed by atoms with Crippen molar-refractivity contribution in [3.05, 3.63) is 29.3 Å². The standard InChI is InChI=1S/C14H18O3/c1-10(15)3-4-11-5-6-14-12(7-11)8-13(17-14)9-16-2/h5-7,13H,3-4,8-9H2,1-2H3. The summed E-state index contributed by atoms with van der Waals surface area (Å²) in [6.07, 6.45) is 2.47. The van der Waals surface area contributed by atoms with E-state index in [1.807, 2.05) is 12.1 Å². The molecule has 3 nitrogen and oxygen atoms in total. The summed E-state index contributed by atoms with van der Waals surface area (Å²) >= 11 is 0. The van der Waals surface area contributed by atoms with E-state index < -0.39 is 0 Å². The summed E-state index contributed by atoms with van der Waals surface area (Å²) in [5, 5.41) is 0. The smallest absolute Gasteiger partial charge is 0.130 e. The van der Waals surface area contributed by atoms with E-state index in [9.17, 15) is 4.79 Å². The minimum Gasteiger partial charge on any atom is -0.487 e. The fourth-order valence-corrected chi connectivity index (χ4v) is 2.13. The van der Waals surface area contributed by atoms with Crippen molar-refractivity contribution in [2.45, 2.75) is 32.3 Å². The summed E-state index contributed by atoms with van der Waals surface area (Å²) < 4.78 is 10.8. The number of rotatable bonds is 5. The second-order valence-electron chi connectivity index (χ2n) is 4.54. The van der Waals surface area contributed by atoms with Crippen LogP contribution in [0.15, 0.2) is 18.2 Å². The lowest BCUT2D eigenvalue weighted by Gasteiger charge is -2.08. The number of carbonyl (C=O) groups excluding carboxylic acids is 1. The molecule has 1 atom stereocenters. The number of carbonyl (C=O) groups is 1. The number of hydrogen-bond donors (Lipinski definition) is 0. The fourth-order valence-electron chi connectivity index (χ4n) is 2.13. The first-order chi connectivity index (χ1) is 8.19. The molecule has 0 spiro atoms. The Hall–Kier alpha value is -1.35. The molecule has 0 saturated carbocycles. The van der Waals surface area contributed by atoms with Gasteiger partial charge in [0.1, 0.15) is 17.6 Å². The molecule has 0 aromatic heterocycles. The highest BCUT2D eigenvalue weighted by molar-refractivity contribution is 5.75. The molecule has 1 aliphatic rings. The van der Waals surface area contributed by atoms with Crippen LogP contribution < -0.4 is 4.74 Å². The summed E-state index contributed by atoms with van der Waals surface area (Å²) in [5.74, 6) is 1.19. The topological polar surface area (TPSA) is 35.5 Å². The third-order valence-corrected chi connectivity index (χ3v) is 2.98. The molecule has 1 aromatic rings. The van der Waals surface area contributed by atoms with Crippen molar-refractivity contribution in [1.82, 2.24) is 0 Å². The average molecular weight is 234 g/mol. The third-order valence-electron chi connectivity index (χ3n) is 2.98. The number of hydrogen-bond acceptors (Lipinski definition) is 3. The van der Waals surface area contributed by atoms with Crippen molar-refractivity contribution < 1.29 is 14.3 Å². The van der Waals surface area contributed by atoms with Crippen molar-refractivity contribution >= 4 is 5.78 Å². The van der Waals surface area contributed by atoms with Gasteiger partial charge >= 0.3 is 0 Å². The van der Waals surface area contributed by atoms with E-state index in [4.69, 9.17) is 9.47 Å². The largest absolute Gasteiger partial charge is 0.487 e. The van der Waals surface area contributed by atoms with Crippen LogP contribution in [0.25, 0.3) is 0 Å². The van der Waals surface area contributed by atoms with Crippen molar-refractivity contribution in [3.8, 4) is 5.75 Å². The van der Waals surface area contributed by atoms with Gasteiger partial charge in [0.2, 0.25) is 0 Å². The molecule has 17 heavy (non-hydrogen) atoms. The van der Waals surface area contributed by atoms with Crippen molar-refractivity contribution in [2.75, 3.05) is 13.7 Å². The Balaban J connectivity index is 2.02. The van der Waals surface area contributed by atoms with Crippen molar-refractivity contribution in [2.24, 2.45) is 0 Å². The van der Waals surface area contributed by atoms with Crippen LogP contribution in [0.1, 0.15) is 24.5 Å². The van der Waals surface area contributed by atoms with Crippen LogP contribution in [0.2, 0.25) is 0 Å². The maximum Gasteiger partial charge on any atom is 0.130 e. The highest BCUT2D eigenvalue weighted by atomic mass is 16.5. The number of ketones is 1. The van der Waals surface area contributed by atoms with Gasteiger partial charge in [-0.2, -0.15) is 0 Å². The number of Topliss-reactive ketones (excluding diaryl/α,β-unsaturated/α-hetero) is 1. The number of ether oxygens (including phenoxy) is 2. The normalized spacial score (nSPS) is 17.6. The number of methoxy groups -OCH3 is 1. The van der Waals surface area contributed by atoms with E-state index >= 15 is 0 Å². The minimum atomic E-state index is 0.137. The first-order valence-corrected chi connectivity index (χ1v) is 5.96. The Morgan fingerprint density at radius 1 is 1.53 bits per heavy atom. The lowest BCUT2D eigenvalue weighted by molar-refractivity contribution is -0.116. The molecule has 2 rings (SSSR count). The van der Waals surface area contributed by atoms with Gasteiger partial charge in [-0.15, -0.1) is 0 Å². The highest BCUT2D eigenvalue weighted by Gasteiger charge is 2.22. The molecule has 1 aliphatic heterocycles. The lowest BCUT2D eigenvalue weighted by atomic mass is 10.0. The molecule has 0 aliphatic carbocycles. The molecule has 1 aromatic carbocycles. The quantitative estimate of drug-likeness (QED) is 0.783. The van der Waals surface area contributed by atoms with Gasteiger partial charge in [-0.1, -0.05) is 12.1 Å². The maximum atomic E-state index is 10.9. The van der Waals surface area contributed by atoms with Gasteiger partial charge in [0.15, 0.2) is 0 Å². The fraction of sp³-hybridized carbons (Fsp3) is 0.500. The van der Waals surface area contributed by atoms with E-state index in [1.54, 1.807) is 14.0 Å². The number of fused-ring (bicyclic) bond motifs is 1. The Morgan fingerprint density at radius 3 is 3.06 bits per heavy atom. The summed E-state index contributed by atoms with van der Waals surface area (Å²) in [5.41, 5.74) is 2.44. The molecule has 0 fully saturated rings. The molecular formula is C14H18O3. The zero-order valence-electron chi connectivity index (χ0n) is 10.4. The predicted octanol–water partition coefficient (Wildman–Crippen LogP) is 2.16. The van der Waals surface area contributed by atoms with Crippen LogP contribution in [-0.4, -0.2) is 25.6 Å². The molecule has 3 heteroatoms. The minimum absolute atomic E-state index is 0.137. The summed E-state index contributed by atoms with van der Waals surface area (Å²) in [4.78, 5) is 10.9. The predicted molar refractivity (Wildman–Crippen MR) is 65.4 cm³/mol. The van der Waals surface area contributed by atoms with Gasteiger partial charge in [0.25, 0.3) is 0 Å². The molecule has 1 heterocycles. The van der Waals surface area contributed by atoms with Crippen LogP contribution in [0, 0.1) is 0 Å². The molecule has 1 unspecified atom stereocenters. The molecule has 0 bridgehead atoms. The number of benzene rings is 1. The van der Waals surface area contributed by atoms with E-state index in [2.05, 4.69) is 6.07 Å². The van der Waals surface area contributed by atoms with Crippen LogP contribution in [0.3, 0.4) is 0 Å². The molecule has 0 amide bonds. The SMILES string of the molecule is COCC1Cc2cc(CCC(C)=O)ccc2O1. The van der Waals surface area contributed by atoms with E-state index in [0.717, 1.165) is 18.6 Å². The van der Waals surface area contributed by atoms with Gasteiger partial charge in [0.05, 0.1) is 6.61 Å². The molecule has 92 valence electrons. The average Bonchev–Trinajstić information content (AvgIpc) is 2.68. The van der Waals surface area contributed by atoms with E-state index in [-0.39, 0.29) is 11.9 Å². The van der Waals surface area contributed by atoms with Crippen molar-refractivity contribution in [1.29, 1.82) is 0 Å². The zero-order chi connectivity index (χ0) is 12.3.